The average Bonchev–Trinajstić information content (AvgIpc) is 3.34. The summed E-state index contributed by atoms with van der Waals surface area (Å²) in [6, 6.07) is 0.244. The van der Waals surface area contributed by atoms with Crippen molar-refractivity contribution in [2.24, 2.45) is 0 Å². The molecule has 0 unspecified atom stereocenters. The number of fused-ring (bicyclic) bond motifs is 1. The van der Waals surface area contributed by atoms with Gasteiger partial charge in [-0.05, 0) is 26.2 Å². The molecule has 2 saturated heterocycles. The molecule has 2 aliphatic heterocycles. The first kappa shape index (κ1) is 17.2. The first-order valence-electron chi connectivity index (χ1n) is 8.94. The fraction of sp³-hybridized carbons (Fsp3) is 0.556. The highest BCUT2D eigenvalue weighted by Crippen LogP contribution is 2.45. The molecule has 2 aromatic heterocycles. The molecule has 26 heavy (non-hydrogen) atoms. The van der Waals surface area contributed by atoms with Crippen LogP contribution in [0.5, 0.6) is 0 Å². The molecule has 0 aromatic carbocycles. The SMILES string of the molecule is CCc1ocnc1C(=O)NC12CC(C1)N(C(=O)CCc1scnc1C)C2. The Balaban J connectivity index is 1.35. The standard InChI is InChI=1S/C18H22N4O3S/c1-3-13-16(19-9-25-13)17(24)21-18-6-12(7-18)22(8-18)15(23)5-4-14-11(2)20-10-26-14/h9-10,12H,3-8H2,1-2H3,(H,21,24). The minimum atomic E-state index is -0.304. The first-order chi connectivity index (χ1) is 12.5. The maximum atomic E-state index is 12.6. The highest BCUT2D eigenvalue weighted by atomic mass is 32.1. The van der Waals surface area contributed by atoms with E-state index in [1.165, 1.54) is 11.3 Å². The Morgan fingerprint density at radius 2 is 2.23 bits per heavy atom. The molecule has 138 valence electrons. The Morgan fingerprint density at radius 1 is 1.42 bits per heavy atom. The van der Waals surface area contributed by atoms with Gasteiger partial charge in [-0.3, -0.25) is 9.59 Å². The number of carbonyl (C=O) groups is 2. The van der Waals surface area contributed by atoms with Crippen LogP contribution in [0.15, 0.2) is 16.3 Å². The van der Waals surface area contributed by atoms with Gasteiger partial charge in [0, 0.05) is 30.3 Å². The number of aryl methyl sites for hydroxylation is 3. The number of hydrogen-bond acceptors (Lipinski definition) is 6. The molecule has 1 N–H and O–H groups in total. The molecule has 1 saturated carbocycles. The van der Waals surface area contributed by atoms with E-state index >= 15 is 0 Å². The lowest BCUT2D eigenvalue weighted by Crippen LogP contribution is -2.55. The summed E-state index contributed by atoms with van der Waals surface area (Å²) in [5.41, 5.74) is 2.88. The molecule has 1 aliphatic carbocycles. The van der Waals surface area contributed by atoms with Crippen molar-refractivity contribution in [3.05, 3.63) is 33.9 Å². The zero-order valence-corrected chi connectivity index (χ0v) is 15.8. The van der Waals surface area contributed by atoms with Gasteiger partial charge in [-0.2, -0.15) is 0 Å². The largest absolute Gasteiger partial charge is 0.448 e. The lowest BCUT2D eigenvalue weighted by molar-refractivity contribution is -0.131. The zero-order chi connectivity index (χ0) is 18.3. The van der Waals surface area contributed by atoms with Crippen molar-refractivity contribution in [1.29, 1.82) is 0 Å². The molecule has 4 heterocycles. The van der Waals surface area contributed by atoms with Crippen molar-refractivity contribution in [1.82, 2.24) is 20.2 Å². The van der Waals surface area contributed by atoms with E-state index in [0.717, 1.165) is 25.0 Å². The van der Waals surface area contributed by atoms with Crippen molar-refractivity contribution < 1.29 is 14.0 Å². The topological polar surface area (TPSA) is 88.3 Å². The lowest BCUT2D eigenvalue weighted by Gasteiger charge is -2.37. The predicted octanol–water partition coefficient (Wildman–Crippen LogP) is 2.11. The number of nitrogens with one attached hydrogen (secondary N) is 1. The van der Waals surface area contributed by atoms with Crippen LogP contribution in [-0.4, -0.2) is 44.8 Å². The minimum Gasteiger partial charge on any atom is -0.448 e. The molecule has 3 aliphatic rings. The van der Waals surface area contributed by atoms with E-state index < -0.39 is 0 Å². The van der Waals surface area contributed by atoms with Gasteiger partial charge in [-0.1, -0.05) is 6.92 Å². The Bertz CT molecular complexity index is 837. The number of hydrogen-bond donors (Lipinski definition) is 1. The maximum Gasteiger partial charge on any atom is 0.274 e. The third-order valence-electron chi connectivity index (χ3n) is 5.45. The van der Waals surface area contributed by atoms with Crippen molar-refractivity contribution >= 4 is 23.2 Å². The van der Waals surface area contributed by atoms with Gasteiger partial charge in [0.15, 0.2) is 12.1 Å². The molecule has 2 aromatic rings. The third kappa shape index (κ3) is 2.92. The maximum absolute atomic E-state index is 12.6. The molecule has 7 nitrogen and oxygen atoms in total. The summed E-state index contributed by atoms with van der Waals surface area (Å²) in [6.07, 6.45) is 4.80. The second-order valence-electron chi connectivity index (χ2n) is 7.16. The van der Waals surface area contributed by atoms with Crippen molar-refractivity contribution in [3.63, 3.8) is 0 Å². The number of nitrogens with zero attached hydrogens (tertiary/aromatic N) is 3. The summed E-state index contributed by atoms with van der Waals surface area (Å²) < 4.78 is 5.24. The normalized spacial score (nSPS) is 23.8. The van der Waals surface area contributed by atoms with Gasteiger partial charge in [0.25, 0.3) is 5.91 Å². The van der Waals surface area contributed by atoms with Crippen LogP contribution in [0.4, 0.5) is 0 Å². The van der Waals surface area contributed by atoms with Crippen LogP contribution in [0, 0.1) is 6.92 Å². The fourth-order valence-corrected chi connectivity index (χ4v) is 4.80. The Kier molecular flexibility index (Phi) is 4.30. The first-order valence-corrected chi connectivity index (χ1v) is 9.82. The highest BCUT2D eigenvalue weighted by molar-refractivity contribution is 7.09. The Labute approximate surface area is 155 Å². The van der Waals surface area contributed by atoms with E-state index in [4.69, 9.17) is 4.42 Å². The zero-order valence-electron chi connectivity index (χ0n) is 14.9. The van der Waals surface area contributed by atoms with Gasteiger partial charge >= 0.3 is 0 Å². The van der Waals surface area contributed by atoms with Gasteiger partial charge in [0.1, 0.15) is 5.76 Å². The van der Waals surface area contributed by atoms with E-state index in [1.54, 1.807) is 11.3 Å². The molecule has 0 spiro atoms. The van der Waals surface area contributed by atoms with Gasteiger partial charge in [0.2, 0.25) is 5.91 Å². The quantitative estimate of drug-likeness (QED) is 0.837. The number of oxazole rings is 1. The van der Waals surface area contributed by atoms with Crippen LogP contribution in [-0.2, 0) is 17.6 Å². The third-order valence-corrected chi connectivity index (χ3v) is 6.45. The number of thiazole rings is 1. The second-order valence-corrected chi connectivity index (χ2v) is 8.10. The molecular formula is C18H22N4O3S. The molecule has 0 atom stereocenters. The molecule has 2 bridgehead atoms. The van der Waals surface area contributed by atoms with Gasteiger partial charge in [0.05, 0.1) is 16.7 Å². The van der Waals surface area contributed by atoms with Crippen LogP contribution in [0.2, 0.25) is 0 Å². The second kappa shape index (κ2) is 6.50. The summed E-state index contributed by atoms with van der Waals surface area (Å²) >= 11 is 1.60. The van der Waals surface area contributed by atoms with Crippen molar-refractivity contribution in [3.8, 4) is 0 Å². The highest BCUT2D eigenvalue weighted by Gasteiger charge is 2.57. The monoisotopic (exact) mass is 374 g/mol. The van der Waals surface area contributed by atoms with Crippen molar-refractivity contribution in [2.75, 3.05) is 6.54 Å². The summed E-state index contributed by atoms with van der Waals surface area (Å²) in [6.45, 7) is 4.49. The lowest BCUT2D eigenvalue weighted by atomic mass is 9.78. The molecule has 5 rings (SSSR count). The van der Waals surface area contributed by atoms with E-state index in [0.29, 0.717) is 30.8 Å². The molecule has 8 heteroatoms. The predicted molar refractivity (Wildman–Crippen MR) is 96.0 cm³/mol. The van der Waals surface area contributed by atoms with Gasteiger partial charge < -0.3 is 14.6 Å². The summed E-state index contributed by atoms with van der Waals surface area (Å²) in [7, 11) is 0. The van der Waals surface area contributed by atoms with E-state index in [-0.39, 0.29) is 23.4 Å². The van der Waals surface area contributed by atoms with Crippen molar-refractivity contribution in [2.45, 2.75) is 57.5 Å². The smallest absolute Gasteiger partial charge is 0.274 e. The number of aromatic nitrogens is 2. The van der Waals surface area contributed by atoms with Gasteiger partial charge in [-0.15, -0.1) is 11.3 Å². The van der Waals surface area contributed by atoms with Crippen LogP contribution in [0.25, 0.3) is 0 Å². The fourth-order valence-electron chi connectivity index (χ4n) is 4.02. The molecule has 3 fully saturated rings. The molecule has 2 amide bonds. The number of amides is 2. The number of carbonyl (C=O) groups excluding carboxylic acids is 2. The van der Waals surface area contributed by atoms with E-state index in [2.05, 4.69) is 15.3 Å². The van der Waals surface area contributed by atoms with Crippen LogP contribution >= 0.6 is 11.3 Å². The summed E-state index contributed by atoms with van der Waals surface area (Å²) in [5, 5.41) is 3.10. The van der Waals surface area contributed by atoms with Gasteiger partial charge in [-0.25, -0.2) is 9.97 Å². The number of rotatable bonds is 6. The van der Waals surface area contributed by atoms with Crippen LogP contribution in [0.3, 0.4) is 0 Å². The van der Waals surface area contributed by atoms with Crippen LogP contribution < -0.4 is 5.32 Å². The molecule has 0 radical (unpaired) electrons. The molecular weight excluding hydrogens is 352 g/mol. The Hall–Kier alpha value is -2.22. The Morgan fingerprint density at radius 3 is 2.92 bits per heavy atom. The van der Waals surface area contributed by atoms with E-state index in [1.807, 2.05) is 24.3 Å². The van der Waals surface area contributed by atoms with Crippen LogP contribution in [0.1, 0.15) is 53.0 Å². The summed E-state index contributed by atoms with van der Waals surface area (Å²) in [5.74, 6) is 0.552. The minimum absolute atomic E-state index is 0.159. The summed E-state index contributed by atoms with van der Waals surface area (Å²) in [4.78, 5) is 36.5. The average molecular weight is 374 g/mol. The van der Waals surface area contributed by atoms with E-state index in [9.17, 15) is 9.59 Å².